The number of ether oxygens (including phenoxy) is 2. The molecule has 4 heterocycles. The number of carbonyl (C=O) groups excluding carboxylic acids is 2. The predicted molar refractivity (Wildman–Crippen MR) is 201 cm³/mol. The summed E-state index contributed by atoms with van der Waals surface area (Å²) in [5.41, 5.74) is 0. The Morgan fingerprint density at radius 1 is 0.932 bits per heavy atom. The highest BCUT2D eigenvalue weighted by Gasteiger charge is 2.65. The Morgan fingerprint density at radius 2 is 1.50 bits per heavy atom. The van der Waals surface area contributed by atoms with Crippen molar-refractivity contribution < 1.29 is 19.1 Å². The number of rotatable bonds is 8. The molecule has 0 aromatic heterocycles. The molecule has 0 saturated carbocycles. The van der Waals surface area contributed by atoms with E-state index in [0.29, 0.717) is 63.3 Å². The van der Waals surface area contributed by atoms with Crippen molar-refractivity contribution in [3.63, 3.8) is 0 Å². The van der Waals surface area contributed by atoms with Crippen molar-refractivity contribution >= 4 is 74.6 Å². The second kappa shape index (κ2) is 12.7. The van der Waals surface area contributed by atoms with E-state index < -0.39 is 11.8 Å². The van der Waals surface area contributed by atoms with Crippen LogP contribution in [0.25, 0.3) is 0 Å². The number of piperazine rings is 1. The van der Waals surface area contributed by atoms with E-state index in [1.807, 2.05) is 9.80 Å². The van der Waals surface area contributed by atoms with Crippen LogP contribution in [0.4, 0.5) is 0 Å². The molecule has 0 aliphatic carbocycles. The van der Waals surface area contributed by atoms with Crippen molar-refractivity contribution in [1.29, 1.82) is 0 Å². The Hall–Kier alpha value is -0.701. The lowest BCUT2D eigenvalue weighted by molar-refractivity contribution is -0.303. The number of carbonyl (C=O) groups is 2. The molecule has 0 bridgehead atoms. The van der Waals surface area contributed by atoms with Gasteiger partial charge in [-0.2, -0.15) is 0 Å². The zero-order valence-electron chi connectivity index (χ0n) is 30.5. The Morgan fingerprint density at radius 3 is 2.00 bits per heavy atom. The number of likely N-dealkylation sites (tertiary alicyclic amines) is 2. The first-order chi connectivity index (χ1) is 20.2. The summed E-state index contributed by atoms with van der Waals surface area (Å²) in [6, 6.07) is -0.655. The van der Waals surface area contributed by atoms with Crippen LogP contribution in [0.1, 0.15) is 60.3 Å². The van der Waals surface area contributed by atoms with Crippen molar-refractivity contribution in [1.82, 2.24) is 20.0 Å². The molecule has 16 heteroatoms. The fraction of sp³-hybridized carbons (Fsp3) is 0.929. The zero-order chi connectivity index (χ0) is 33.0. The van der Waals surface area contributed by atoms with Gasteiger partial charge in [-0.15, -0.1) is 0 Å². The largest absolute Gasteiger partial charge is 0.349 e. The molecule has 4 saturated heterocycles. The minimum Gasteiger partial charge on any atom is -0.349 e. The molecule has 0 radical (unpaired) electrons. The predicted octanol–water partition coefficient (Wildman–Crippen LogP) is -5.46. The van der Waals surface area contributed by atoms with E-state index in [0.717, 1.165) is 19.5 Å². The number of hydrogen-bond donors (Lipinski definition) is 1. The summed E-state index contributed by atoms with van der Waals surface area (Å²) < 4.78 is 13.2. The minimum atomic E-state index is -0.637. The van der Waals surface area contributed by atoms with E-state index in [4.69, 9.17) is 9.47 Å². The summed E-state index contributed by atoms with van der Waals surface area (Å²) in [7, 11) is 19.3. The normalized spacial score (nSPS) is 34.1. The van der Waals surface area contributed by atoms with Crippen LogP contribution in [-0.2, 0) is 19.1 Å². The molecule has 8 nitrogen and oxygen atoms in total. The monoisotopic (exact) mass is 603 g/mol. The van der Waals surface area contributed by atoms with Gasteiger partial charge in [-0.3, -0.25) is 9.59 Å². The van der Waals surface area contributed by atoms with Gasteiger partial charge in [0.1, 0.15) is 37.4 Å². The lowest BCUT2D eigenvalue weighted by Crippen LogP contribution is -2.64. The summed E-state index contributed by atoms with van der Waals surface area (Å²) >= 11 is 0. The van der Waals surface area contributed by atoms with Crippen LogP contribution >= 0.6 is 0 Å². The first-order valence-corrected chi connectivity index (χ1v) is 17.6. The van der Waals surface area contributed by atoms with Gasteiger partial charge in [0.05, 0.1) is 50.6 Å². The van der Waals surface area contributed by atoms with Crippen LogP contribution in [0.5, 0.6) is 0 Å². The summed E-state index contributed by atoms with van der Waals surface area (Å²) in [5, 5.41) is 3.72. The maximum Gasteiger partial charge on any atom is 0.245 e. The first-order valence-electron chi connectivity index (χ1n) is 17.6. The van der Waals surface area contributed by atoms with E-state index in [9.17, 15) is 9.59 Å². The average Bonchev–Trinajstić information content (AvgIpc) is 2.97. The number of hydrogen-bond acceptors (Lipinski definition) is 6. The lowest BCUT2D eigenvalue weighted by atomic mass is 9.17. The average molecular weight is 601 g/mol. The third kappa shape index (κ3) is 6.29. The summed E-state index contributed by atoms with van der Waals surface area (Å²) in [4.78, 5) is 34.3. The van der Waals surface area contributed by atoms with Gasteiger partial charge in [-0.25, -0.2) is 0 Å². The molecule has 4 fully saturated rings. The van der Waals surface area contributed by atoms with E-state index in [-0.39, 0.29) is 45.0 Å². The molecule has 0 aromatic rings. The second-order valence-corrected chi connectivity index (χ2v) is 17.5. The van der Waals surface area contributed by atoms with Gasteiger partial charge in [-0.1, -0.05) is 38.1 Å². The van der Waals surface area contributed by atoms with Crippen molar-refractivity contribution in [3.05, 3.63) is 0 Å². The molecule has 0 aromatic carbocycles. The maximum atomic E-state index is 14.2. The Balaban J connectivity index is 1.40. The third-order valence-electron chi connectivity index (χ3n) is 13.1. The molecule has 1 spiro atoms. The molecule has 238 valence electrons. The Bertz CT molecular complexity index is 1040. The Kier molecular flexibility index (Phi) is 10.5. The number of nitrogens with zero attached hydrogens (tertiary/aromatic N) is 3. The van der Waals surface area contributed by atoms with Crippen molar-refractivity contribution in [2.45, 2.75) is 105 Å². The first kappa shape index (κ1) is 36.1. The standard InChI is InChI=1S/C28H58B8N4O4/c1-16(2)10-20-22(41)39(9-7-37-20)21(11-17(3)4)23(42)38-8-6-24(12-18(38)5)43-14-19(15-44-24)13-40-27(33,34)25(29,30)26(31,32)28(40,35)36/h16-21,37H,6-15,29-36H2,1-5H3/t18-,19?,20-,21-,24?/m0/s1. The molecule has 0 unspecified atom stereocenters. The van der Waals surface area contributed by atoms with Crippen LogP contribution in [0, 0.1) is 17.8 Å². The molecule has 4 aliphatic rings. The van der Waals surface area contributed by atoms with Gasteiger partial charge >= 0.3 is 0 Å². The fourth-order valence-electron chi connectivity index (χ4n) is 8.84. The van der Waals surface area contributed by atoms with Crippen LogP contribution in [0.2, 0.25) is 10.4 Å². The summed E-state index contributed by atoms with van der Waals surface area (Å²) in [6.07, 6.45) is 2.79. The molecule has 3 atom stereocenters. The third-order valence-corrected chi connectivity index (χ3v) is 13.1. The van der Waals surface area contributed by atoms with E-state index in [1.165, 1.54) is 0 Å². The van der Waals surface area contributed by atoms with Crippen molar-refractivity contribution in [2.75, 3.05) is 39.4 Å². The second-order valence-electron chi connectivity index (χ2n) is 17.5. The van der Waals surface area contributed by atoms with E-state index >= 15 is 0 Å². The quantitative estimate of drug-likeness (QED) is 0.281. The van der Waals surface area contributed by atoms with Gasteiger partial charge in [0.15, 0.2) is 5.79 Å². The highest BCUT2D eigenvalue weighted by molar-refractivity contribution is 6.67. The van der Waals surface area contributed by atoms with Gasteiger partial charge in [0.2, 0.25) is 11.8 Å². The zero-order valence-corrected chi connectivity index (χ0v) is 30.5. The molecular weight excluding hydrogens is 543 g/mol. The maximum absolute atomic E-state index is 14.2. The molecule has 44 heavy (non-hydrogen) atoms. The van der Waals surface area contributed by atoms with E-state index in [2.05, 4.69) is 108 Å². The molecule has 4 rings (SSSR count). The molecular formula is C28H58B8N4O4. The Labute approximate surface area is 275 Å². The highest BCUT2D eigenvalue weighted by Crippen LogP contribution is 2.63. The van der Waals surface area contributed by atoms with Crippen molar-refractivity contribution in [2.24, 2.45) is 17.8 Å². The van der Waals surface area contributed by atoms with Crippen LogP contribution in [0.3, 0.4) is 0 Å². The molecule has 2 amide bonds. The van der Waals surface area contributed by atoms with Gasteiger partial charge < -0.3 is 29.5 Å². The number of nitrogens with one attached hydrogen (secondary N) is 1. The topological polar surface area (TPSA) is 74.4 Å². The van der Waals surface area contributed by atoms with Crippen molar-refractivity contribution in [3.8, 4) is 0 Å². The summed E-state index contributed by atoms with van der Waals surface area (Å²) in [6.45, 7) is 14.9. The highest BCUT2D eigenvalue weighted by atomic mass is 16.7. The van der Waals surface area contributed by atoms with Crippen LogP contribution < -0.4 is 5.32 Å². The summed E-state index contributed by atoms with van der Waals surface area (Å²) in [5.74, 6) is 0.540. The number of amides is 2. The number of piperidine rings is 1. The van der Waals surface area contributed by atoms with Gasteiger partial charge in [0.25, 0.3) is 0 Å². The SMILES string of the molecule is BC1(B)N(CC2COC3(CCN(C(=O)[C@H](CC(C)C)N4CCN[C@@H](CC(C)C)C4=O)[C@@H](C)C3)OC2)C(B)(B)C(B)(B)C1(B)B. The van der Waals surface area contributed by atoms with Gasteiger partial charge in [-0.05, 0) is 42.3 Å². The molecule has 4 aliphatic heterocycles. The van der Waals surface area contributed by atoms with E-state index in [1.54, 1.807) is 0 Å². The molecule has 1 N–H and O–H groups in total. The van der Waals surface area contributed by atoms with Gasteiger partial charge in [0, 0.05) is 51.0 Å². The minimum absolute atomic E-state index is 0.0232. The smallest absolute Gasteiger partial charge is 0.245 e. The van der Waals surface area contributed by atoms with Crippen LogP contribution in [0.15, 0.2) is 0 Å². The fourth-order valence-corrected chi connectivity index (χ4v) is 8.84. The lowest BCUT2D eigenvalue weighted by Gasteiger charge is -2.51. The van der Waals surface area contributed by atoms with Crippen LogP contribution in [-0.4, -0.2) is 163 Å².